The topological polar surface area (TPSA) is 49.7 Å². The molecule has 2 aromatic carbocycles. The van der Waals surface area contributed by atoms with Gasteiger partial charge in [-0.3, -0.25) is 0 Å². The zero-order valence-corrected chi connectivity index (χ0v) is 27.0. The van der Waals surface area contributed by atoms with Crippen LogP contribution in [-0.4, -0.2) is 30.1 Å². The second kappa shape index (κ2) is 10.7. The molecule has 0 aromatic heterocycles. The van der Waals surface area contributed by atoms with Gasteiger partial charge in [0.1, 0.15) is 0 Å². The lowest BCUT2D eigenvalue weighted by atomic mass is 9.57. The van der Waals surface area contributed by atoms with Crippen molar-refractivity contribution in [3.8, 4) is 0 Å². The van der Waals surface area contributed by atoms with E-state index in [4.69, 9.17) is 4.74 Å². The third-order valence-electron chi connectivity index (χ3n) is 11.5. The maximum atomic E-state index is 12.5. The van der Waals surface area contributed by atoms with Gasteiger partial charge in [0.05, 0.1) is 6.10 Å². The van der Waals surface area contributed by atoms with Gasteiger partial charge in [-0.25, -0.2) is 0 Å². The minimum atomic E-state index is -2.98. The Bertz CT molecular complexity index is 1060. The summed E-state index contributed by atoms with van der Waals surface area (Å²) in [5, 5.41) is 13.7. The number of benzene rings is 2. The van der Waals surface area contributed by atoms with Crippen molar-refractivity contribution >= 4 is 18.7 Å². The largest absolute Gasteiger partial charge is 0.424 e. The highest BCUT2D eigenvalue weighted by molar-refractivity contribution is 6.98. The second-order valence-electron chi connectivity index (χ2n) is 14.9. The molecule has 1 aliphatic heterocycles. The molecule has 1 aliphatic carbocycles. The summed E-state index contributed by atoms with van der Waals surface area (Å²) in [4.78, 5) is 12.5. The van der Waals surface area contributed by atoms with Crippen LogP contribution in [0.3, 0.4) is 0 Å². The molecule has 39 heavy (non-hydrogen) atoms. The quantitative estimate of drug-likeness (QED) is 0.309. The Labute approximate surface area is 239 Å². The standard InChI is InChI=1S/C35H54O3Si/c1-25(2)34(9)31-27(4)30(38-35(31,36)24-32(34,5)6)21-20-26(3)22-23-33(7,8)39(37,28-16-12-10-13-17-28)29-18-14-11-15-19-29/h10-19,25-27,30-31,36-37H,20-24H2,1-9H3/t26-,27-,30-,31-,34-,35+/m1/s1. The van der Waals surface area contributed by atoms with E-state index in [1.165, 1.54) is 0 Å². The van der Waals surface area contributed by atoms with Crippen LogP contribution in [0.5, 0.6) is 0 Å². The third kappa shape index (κ3) is 5.09. The molecular formula is C35H54O3Si. The highest BCUT2D eigenvalue weighted by Crippen LogP contribution is 2.69. The maximum Gasteiger partial charge on any atom is 0.258 e. The SMILES string of the molecule is CC(C)[C@]1(C)[C@H]2[C@H](C)[C@@H](CC[C@@H](C)CCC(C)(C)[Si](O)(c3ccccc3)c3ccccc3)O[C@@]2(O)CC1(C)C. The maximum absolute atomic E-state index is 12.5. The third-order valence-corrected chi connectivity index (χ3v) is 16.1. The Balaban J connectivity index is 1.43. The fourth-order valence-corrected chi connectivity index (χ4v) is 12.4. The van der Waals surface area contributed by atoms with Crippen molar-refractivity contribution < 1.29 is 14.6 Å². The number of fused-ring (bicyclic) bond motifs is 1. The van der Waals surface area contributed by atoms with Gasteiger partial charge in [0.15, 0.2) is 5.79 Å². The van der Waals surface area contributed by atoms with E-state index in [0.29, 0.717) is 24.2 Å². The van der Waals surface area contributed by atoms with Crippen molar-refractivity contribution in [2.75, 3.05) is 0 Å². The summed E-state index contributed by atoms with van der Waals surface area (Å²) in [6.45, 7) is 20.8. The first-order chi connectivity index (χ1) is 18.1. The molecule has 4 rings (SSSR count). The van der Waals surface area contributed by atoms with Gasteiger partial charge in [-0.1, -0.05) is 129 Å². The fraction of sp³-hybridized carbons (Fsp3) is 0.657. The Kier molecular flexibility index (Phi) is 8.40. The number of rotatable bonds is 10. The smallest absolute Gasteiger partial charge is 0.258 e. The molecule has 0 radical (unpaired) electrons. The Hall–Kier alpha value is -1.46. The van der Waals surface area contributed by atoms with Gasteiger partial charge in [0.25, 0.3) is 8.32 Å². The van der Waals surface area contributed by atoms with Crippen molar-refractivity contribution in [1.29, 1.82) is 0 Å². The van der Waals surface area contributed by atoms with Crippen LogP contribution in [0.25, 0.3) is 0 Å². The van der Waals surface area contributed by atoms with E-state index in [1.807, 2.05) is 36.4 Å². The van der Waals surface area contributed by atoms with E-state index in [2.05, 4.69) is 86.6 Å². The summed E-state index contributed by atoms with van der Waals surface area (Å²) in [5.41, 5.74) is 0.0758. The Morgan fingerprint density at radius 1 is 0.923 bits per heavy atom. The highest BCUT2D eigenvalue weighted by atomic mass is 28.4. The summed E-state index contributed by atoms with van der Waals surface area (Å²) in [5.74, 6) is 0.492. The van der Waals surface area contributed by atoms with Crippen LogP contribution < -0.4 is 10.4 Å². The van der Waals surface area contributed by atoms with Crippen LogP contribution in [-0.2, 0) is 4.74 Å². The average Bonchev–Trinajstić information content (AvgIpc) is 3.23. The predicted molar refractivity (Wildman–Crippen MR) is 166 cm³/mol. The molecule has 4 heteroatoms. The van der Waals surface area contributed by atoms with Crippen molar-refractivity contribution in [3.05, 3.63) is 60.7 Å². The number of ether oxygens (including phenoxy) is 1. The predicted octanol–water partition coefficient (Wildman–Crippen LogP) is 7.15. The number of hydrogen-bond donors (Lipinski definition) is 2. The van der Waals surface area contributed by atoms with E-state index in [0.717, 1.165) is 36.1 Å². The van der Waals surface area contributed by atoms with Crippen molar-refractivity contribution in [2.45, 2.75) is 111 Å². The van der Waals surface area contributed by atoms with Crippen LogP contribution in [0.15, 0.2) is 60.7 Å². The molecule has 1 saturated carbocycles. The molecule has 2 aliphatic rings. The van der Waals surface area contributed by atoms with Gasteiger partial charge in [0, 0.05) is 12.3 Å². The first kappa shape index (κ1) is 30.5. The molecule has 0 amide bonds. The second-order valence-corrected chi connectivity index (χ2v) is 18.8. The van der Waals surface area contributed by atoms with Gasteiger partial charge >= 0.3 is 0 Å². The molecule has 1 heterocycles. The highest BCUT2D eigenvalue weighted by Gasteiger charge is 2.70. The lowest BCUT2D eigenvalue weighted by molar-refractivity contribution is -0.210. The lowest BCUT2D eigenvalue weighted by Crippen LogP contribution is -2.65. The minimum absolute atomic E-state index is 0.0372. The van der Waals surface area contributed by atoms with Crippen LogP contribution >= 0.6 is 0 Å². The summed E-state index contributed by atoms with van der Waals surface area (Å²) in [6, 6.07) is 20.7. The minimum Gasteiger partial charge on any atom is -0.424 e. The molecule has 2 N–H and O–H groups in total. The zero-order valence-electron chi connectivity index (χ0n) is 26.0. The normalized spacial score (nSPS) is 31.4. The van der Waals surface area contributed by atoms with Crippen LogP contribution in [0, 0.1) is 34.5 Å². The van der Waals surface area contributed by atoms with Gasteiger partial charge in [0.2, 0.25) is 0 Å². The van der Waals surface area contributed by atoms with Gasteiger partial charge in [-0.2, -0.15) is 0 Å². The van der Waals surface area contributed by atoms with E-state index in [1.54, 1.807) is 0 Å². The van der Waals surface area contributed by atoms with Crippen molar-refractivity contribution in [1.82, 2.24) is 0 Å². The average molecular weight is 551 g/mol. The Morgan fingerprint density at radius 3 is 1.92 bits per heavy atom. The monoisotopic (exact) mass is 550 g/mol. The summed E-state index contributed by atoms with van der Waals surface area (Å²) in [6.07, 6.45) is 4.90. The number of hydrogen-bond acceptors (Lipinski definition) is 3. The van der Waals surface area contributed by atoms with E-state index < -0.39 is 14.1 Å². The number of aliphatic hydroxyl groups is 1. The molecule has 2 fully saturated rings. The molecule has 216 valence electrons. The van der Waals surface area contributed by atoms with E-state index in [9.17, 15) is 9.90 Å². The van der Waals surface area contributed by atoms with Crippen LogP contribution in [0.4, 0.5) is 0 Å². The molecule has 2 aromatic rings. The van der Waals surface area contributed by atoms with Gasteiger partial charge < -0.3 is 14.6 Å². The molecule has 3 nitrogen and oxygen atoms in total. The fourth-order valence-electron chi connectivity index (χ4n) is 8.63. The van der Waals surface area contributed by atoms with Gasteiger partial charge in [-0.15, -0.1) is 0 Å². The molecule has 0 spiro atoms. The summed E-state index contributed by atoms with van der Waals surface area (Å²) in [7, 11) is -2.98. The van der Waals surface area contributed by atoms with Gasteiger partial charge in [-0.05, 0) is 63.3 Å². The van der Waals surface area contributed by atoms with E-state index in [-0.39, 0.29) is 27.9 Å². The zero-order chi connectivity index (χ0) is 28.9. The molecule has 0 unspecified atom stereocenters. The lowest BCUT2D eigenvalue weighted by Gasteiger charge is -2.47. The van der Waals surface area contributed by atoms with Crippen molar-refractivity contribution in [3.63, 3.8) is 0 Å². The molecule has 0 bridgehead atoms. The van der Waals surface area contributed by atoms with Crippen LogP contribution in [0.2, 0.25) is 5.04 Å². The molecule has 6 atom stereocenters. The molecule has 1 saturated heterocycles. The van der Waals surface area contributed by atoms with Crippen molar-refractivity contribution in [2.24, 2.45) is 34.5 Å². The Morgan fingerprint density at radius 2 is 1.44 bits per heavy atom. The van der Waals surface area contributed by atoms with Crippen LogP contribution in [0.1, 0.15) is 94.4 Å². The summed E-state index contributed by atoms with van der Waals surface area (Å²) < 4.78 is 6.55. The van der Waals surface area contributed by atoms with E-state index >= 15 is 0 Å². The first-order valence-corrected chi connectivity index (χ1v) is 17.3. The first-order valence-electron chi connectivity index (χ1n) is 15.3. The summed E-state index contributed by atoms with van der Waals surface area (Å²) >= 11 is 0. The molecular weight excluding hydrogens is 496 g/mol.